The molecule has 0 bridgehead atoms. The number of hydrogen-bond acceptors (Lipinski definition) is 1. The molecule has 2 aromatic rings. The Morgan fingerprint density at radius 3 is 2.86 bits per heavy atom. The van der Waals surface area contributed by atoms with Gasteiger partial charge < -0.3 is 0 Å². The van der Waals surface area contributed by atoms with E-state index in [-0.39, 0.29) is 0 Å². The predicted molar refractivity (Wildman–Crippen MR) is 64.1 cm³/mol. The molecule has 0 amide bonds. The Bertz CT molecular complexity index is 482. The summed E-state index contributed by atoms with van der Waals surface area (Å²) < 4.78 is 0. The molecular weight excluding hydrogens is 261 g/mol. The lowest BCUT2D eigenvalue weighted by molar-refractivity contribution is 1.31. The van der Waals surface area contributed by atoms with Crippen molar-refractivity contribution < 1.29 is 0 Å². The predicted octanol–water partition coefficient (Wildman–Crippen LogP) is 4.09. The monoisotopic (exact) mass is 269 g/mol. The maximum absolute atomic E-state index is 6.01. The van der Waals surface area contributed by atoms with Crippen molar-refractivity contribution >= 4 is 38.4 Å². The van der Waals surface area contributed by atoms with Gasteiger partial charge >= 0.3 is 0 Å². The summed E-state index contributed by atoms with van der Waals surface area (Å²) in [4.78, 5) is 4.34. The van der Waals surface area contributed by atoms with Crippen LogP contribution in [0.25, 0.3) is 10.9 Å². The largest absolute Gasteiger partial charge is 0.236 e. The number of halogens is 2. The van der Waals surface area contributed by atoms with Crippen molar-refractivity contribution in [3.8, 4) is 0 Å². The van der Waals surface area contributed by atoms with Gasteiger partial charge in [0, 0.05) is 16.3 Å². The summed E-state index contributed by atoms with van der Waals surface area (Å²) in [6.07, 6.45) is 0. The Balaban J connectivity index is 2.73. The van der Waals surface area contributed by atoms with Gasteiger partial charge in [0.15, 0.2) is 0 Å². The van der Waals surface area contributed by atoms with Gasteiger partial charge in [-0.05, 0) is 24.6 Å². The van der Waals surface area contributed by atoms with Gasteiger partial charge in [0.05, 0.1) is 5.52 Å². The molecule has 0 unspecified atom stereocenters. The van der Waals surface area contributed by atoms with E-state index in [9.17, 15) is 0 Å². The molecule has 0 atom stereocenters. The summed E-state index contributed by atoms with van der Waals surface area (Å²) in [5.74, 6) is 0. The summed E-state index contributed by atoms with van der Waals surface area (Å²) in [5.41, 5.74) is 3.19. The van der Waals surface area contributed by atoms with Crippen LogP contribution in [0, 0.1) is 6.92 Å². The van der Waals surface area contributed by atoms with Gasteiger partial charge in [-0.3, -0.25) is 0 Å². The number of rotatable bonds is 1. The normalized spacial score (nSPS) is 10.8. The standard InChI is InChI=1S/C11H9BrClN/c1-7-2-3-8-5-9(6-12)11(13)14-10(8)4-7/h2-5H,6H2,1H3. The van der Waals surface area contributed by atoms with E-state index in [1.165, 1.54) is 5.56 Å². The zero-order chi connectivity index (χ0) is 10.1. The molecule has 1 heterocycles. The third-order valence-electron chi connectivity index (χ3n) is 2.14. The van der Waals surface area contributed by atoms with Gasteiger partial charge in [0.25, 0.3) is 0 Å². The Morgan fingerprint density at radius 2 is 2.14 bits per heavy atom. The summed E-state index contributed by atoms with van der Waals surface area (Å²) in [5, 5.41) is 2.46. The summed E-state index contributed by atoms with van der Waals surface area (Å²) in [7, 11) is 0. The summed E-state index contributed by atoms with van der Waals surface area (Å²) in [6.45, 7) is 2.05. The first kappa shape index (κ1) is 9.94. The lowest BCUT2D eigenvalue weighted by Crippen LogP contribution is -1.87. The first-order valence-electron chi connectivity index (χ1n) is 4.32. The molecular formula is C11H9BrClN. The van der Waals surface area contributed by atoms with Crippen LogP contribution in [0.5, 0.6) is 0 Å². The van der Waals surface area contributed by atoms with Crippen LogP contribution in [0.3, 0.4) is 0 Å². The van der Waals surface area contributed by atoms with E-state index >= 15 is 0 Å². The van der Waals surface area contributed by atoms with Crippen molar-refractivity contribution in [2.45, 2.75) is 12.3 Å². The van der Waals surface area contributed by atoms with E-state index in [2.05, 4.69) is 39.1 Å². The van der Waals surface area contributed by atoms with Crippen LogP contribution < -0.4 is 0 Å². The minimum absolute atomic E-state index is 0.583. The topological polar surface area (TPSA) is 12.9 Å². The lowest BCUT2D eigenvalue weighted by atomic mass is 10.1. The van der Waals surface area contributed by atoms with Crippen molar-refractivity contribution in [3.63, 3.8) is 0 Å². The fourth-order valence-electron chi connectivity index (χ4n) is 1.39. The van der Waals surface area contributed by atoms with Gasteiger partial charge in [0.2, 0.25) is 0 Å². The van der Waals surface area contributed by atoms with Gasteiger partial charge in [-0.2, -0.15) is 0 Å². The van der Waals surface area contributed by atoms with Crippen molar-refractivity contribution in [2.75, 3.05) is 0 Å². The second-order valence-electron chi connectivity index (χ2n) is 3.27. The quantitative estimate of drug-likeness (QED) is 0.562. The van der Waals surface area contributed by atoms with Crippen LogP contribution in [0.15, 0.2) is 24.3 Å². The molecule has 0 spiro atoms. The van der Waals surface area contributed by atoms with E-state index in [1.807, 2.05) is 13.0 Å². The fraction of sp³-hybridized carbons (Fsp3) is 0.182. The molecule has 0 aliphatic carbocycles. The number of aryl methyl sites for hydroxylation is 1. The first-order valence-corrected chi connectivity index (χ1v) is 5.82. The highest BCUT2D eigenvalue weighted by Gasteiger charge is 2.03. The van der Waals surface area contributed by atoms with E-state index < -0.39 is 0 Å². The van der Waals surface area contributed by atoms with Crippen LogP contribution in [-0.4, -0.2) is 4.98 Å². The highest BCUT2D eigenvalue weighted by Crippen LogP contribution is 2.22. The first-order chi connectivity index (χ1) is 6.70. The van der Waals surface area contributed by atoms with Crippen LogP contribution in [0.1, 0.15) is 11.1 Å². The average molecular weight is 271 g/mol. The molecule has 0 fully saturated rings. The van der Waals surface area contributed by atoms with Crippen LogP contribution in [0.2, 0.25) is 5.15 Å². The molecule has 72 valence electrons. The number of nitrogens with zero attached hydrogens (tertiary/aromatic N) is 1. The summed E-state index contributed by atoms with van der Waals surface area (Å²) in [6, 6.07) is 8.26. The van der Waals surface area contributed by atoms with E-state index in [4.69, 9.17) is 11.6 Å². The number of aromatic nitrogens is 1. The fourth-order valence-corrected chi connectivity index (χ4v) is 2.19. The second-order valence-corrected chi connectivity index (χ2v) is 4.19. The minimum atomic E-state index is 0.583. The van der Waals surface area contributed by atoms with Crippen molar-refractivity contribution in [1.82, 2.24) is 4.98 Å². The smallest absolute Gasteiger partial charge is 0.133 e. The van der Waals surface area contributed by atoms with Crippen LogP contribution in [0.4, 0.5) is 0 Å². The zero-order valence-electron chi connectivity index (χ0n) is 7.72. The molecule has 0 saturated heterocycles. The SMILES string of the molecule is Cc1ccc2cc(CBr)c(Cl)nc2c1. The van der Waals surface area contributed by atoms with E-state index in [0.29, 0.717) is 5.15 Å². The van der Waals surface area contributed by atoms with Crippen LogP contribution in [-0.2, 0) is 5.33 Å². The van der Waals surface area contributed by atoms with Gasteiger partial charge in [-0.25, -0.2) is 4.98 Å². The number of alkyl halides is 1. The number of hydrogen-bond donors (Lipinski definition) is 0. The number of benzene rings is 1. The van der Waals surface area contributed by atoms with Crippen molar-refractivity contribution in [3.05, 3.63) is 40.5 Å². The maximum Gasteiger partial charge on any atom is 0.133 e. The van der Waals surface area contributed by atoms with Gasteiger partial charge in [-0.1, -0.05) is 39.7 Å². The van der Waals surface area contributed by atoms with Crippen LogP contribution >= 0.6 is 27.5 Å². The van der Waals surface area contributed by atoms with Crippen molar-refractivity contribution in [2.24, 2.45) is 0 Å². The highest BCUT2D eigenvalue weighted by atomic mass is 79.9. The lowest BCUT2D eigenvalue weighted by Gasteiger charge is -2.03. The molecule has 0 saturated carbocycles. The molecule has 0 aliphatic rings. The molecule has 0 N–H and O–H groups in total. The molecule has 0 radical (unpaired) electrons. The maximum atomic E-state index is 6.01. The van der Waals surface area contributed by atoms with E-state index in [1.54, 1.807) is 0 Å². The van der Waals surface area contributed by atoms with Crippen molar-refractivity contribution in [1.29, 1.82) is 0 Å². The third kappa shape index (κ3) is 1.77. The molecule has 3 heteroatoms. The molecule has 2 rings (SSSR count). The highest BCUT2D eigenvalue weighted by molar-refractivity contribution is 9.08. The zero-order valence-corrected chi connectivity index (χ0v) is 10.1. The number of pyridine rings is 1. The number of fused-ring (bicyclic) bond motifs is 1. The molecule has 0 aliphatic heterocycles. The summed E-state index contributed by atoms with van der Waals surface area (Å²) >= 11 is 9.40. The Morgan fingerprint density at radius 1 is 1.36 bits per heavy atom. The molecule has 1 aromatic carbocycles. The average Bonchev–Trinajstić information content (AvgIpc) is 2.16. The van der Waals surface area contributed by atoms with Gasteiger partial charge in [-0.15, -0.1) is 0 Å². The van der Waals surface area contributed by atoms with Gasteiger partial charge in [0.1, 0.15) is 5.15 Å². The second kappa shape index (κ2) is 3.87. The Hall–Kier alpha value is -0.600. The Labute approximate surface area is 96.2 Å². The minimum Gasteiger partial charge on any atom is -0.236 e. The third-order valence-corrected chi connectivity index (χ3v) is 3.07. The Kier molecular flexibility index (Phi) is 2.75. The molecule has 14 heavy (non-hydrogen) atoms. The van der Waals surface area contributed by atoms with E-state index in [0.717, 1.165) is 21.8 Å². The molecule has 1 aromatic heterocycles. The molecule has 1 nitrogen and oxygen atoms in total.